The molecule has 0 spiro atoms. The Morgan fingerprint density at radius 3 is 2.42 bits per heavy atom. The van der Waals surface area contributed by atoms with E-state index in [0.717, 1.165) is 18.2 Å². The van der Waals surface area contributed by atoms with E-state index in [-0.39, 0.29) is 21.7 Å². The van der Waals surface area contributed by atoms with Crippen molar-refractivity contribution in [2.24, 2.45) is 0 Å². The maximum Gasteiger partial charge on any atom is 0.416 e. The normalized spacial score (nSPS) is 11.4. The molecule has 0 N–H and O–H groups in total. The predicted octanol–water partition coefficient (Wildman–Crippen LogP) is 4.59. The van der Waals surface area contributed by atoms with Crippen LogP contribution in [0.4, 0.5) is 13.2 Å². The van der Waals surface area contributed by atoms with Crippen molar-refractivity contribution in [2.75, 3.05) is 0 Å². The highest BCUT2D eigenvalue weighted by Crippen LogP contribution is 2.37. The van der Waals surface area contributed by atoms with Gasteiger partial charge < -0.3 is 4.74 Å². The Labute approximate surface area is 116 Å². The van der Waals surface area contributed by atoms with Gasteiger partial charge in [-0.3, -0.25) is 0 Å². The molecule has 0 amide bonds. The number of ether oxygens (including phenoxy) is 1. The molecule has 0 unspecified atom stereocenters. The van der Waals surface area contributed by atoms with Gasteiger partial charge in [-0.25, -0.2) is 9.97 Å². The molecule has 2 rings (SSSR count). The van der Waals surface area contributed by atoms with Crippen LogP contribution in [0.3, 0.4) is 0 Å². The average molecular weight is 309 g/mol. The minimum absolute atomic E-state index is 0.0333. The molecule has 0 aliphatic rings. The Balaban J connectivity index is 2.30. The van der Waals surface area contributed by atoms with Gasteiger partial charge in [-0.15, -0.1) is 0 Å². The monoisotopic (exact) mass is 308 g/mol. The summed E-state index contributed by atoms with van der Waals surface area (Å²) in [5.74, 6) is 0.136. The van der Waals surface area contributed by atoms with E-state index in [9.17, 15) is 13.2 Å². The molecule has 0 aliphatic heterocycles. The van der Waals surface area contributed by atoms with E-state index in [1.165, 1.54) is 12.5 Å². The van der Waals surface area contributed by atoms with Crippen molar-refractivity contribution >= 4 is 23.2 Å². The first-order valence-corrected chi connectivity index (χ1v) is 5.63. The molecular formula is C11H5Cl2F3N2O. The van der Waals surface area contributed by atoms with E-state index < -0.39 is 11.7 Å². The van der Waals surface area contributed by atoms with Gasteiger partial charge in [0.1, 0.15) is 12.1 Å². The number of nitrogens with zero attached hydrogens (tertiary/aromatic N) is 2. The molecule has 2 aromatic rings. The van der Waals surface area contributed by atoms with Crippen LogP contribution in [-0.2, 0) is 6.18 Å². The van der Waals surface area contributed by atoms with Crippen molar-refractivity contribution in [3.63, 3.8) is 0 Å². The Kier molecular flexibility index (Phi) is 3.82. The second-order valence-electron chi connectivity index (χ2n) is 3.42. The van der Waals surface area contributed by atoms with E-state index >= 15 is 0 Å². The zero-order valence-electron chi connectivity index (χ0n) is 9.08. The summed E-state index contributed by atoms with van der Waals surface area (Å²) in [5, 5.41) is -0.152. The van der Waals surface area contributed by atoms with Crippen molar-refractivity contribution < 1.29 is 17.9 Å². The van der Waals surface area contributed by atoms with Gasteiger partial charge in [0, 0.05) is 0 Å². The summed E-state index contributed by atoms with van der Waals surface area (Å²) in [7, 11) is 0. The van der Waals surface area contributed by atoms with E-state index in [2.05, 4.69) is 9.97 Å². The summed E-state index contributed by atoms with van der Waals surface area (Å²) in [4.78, 5) is 7.35. The molecule has 0 radical (unpaired) electrons. The number of benzene rings is 1. The molecule has 0 saturated heterocycles. The number of hydrogen-bond acceptors (Lipinski definition) is 3. The Bertz CT molecular complexity index is 605. The highest BCUT2D eigenvalue weighted by Gasteiger charge is 2.31. The lowest BCUT2D eigenvalue weighted by Gasteiger charge is -2.11. The van der Waals surface area contributed by atoms with E-state index in [1.807, 2.05) is 0 Å². The van der Waals surface area contributed by atoms with E-state index in [1.54, 1.807) is 0 Å². The van der Waals surface area contributed by atoms with Crippen LogP contribution in [0.25, 0.3) is 0 Å². The first-order chi connectivity index (χ1) is 8.88. The summed E-state index contributed by atoms with van der Waals surface area (Å²) in [6.45, 7) is 0. The summed E-state index contributed by atoms with van der Waals surface area (Å²) in [6.07, 6.45) is -1.97. The molecule has 1 aromatic heterocycles. The van der Waals surface area contributed by atoms with E-state index in [0.29, 0.717) is 0 Å². The van der Waals surface area contributed by atoms with Crippen LogP contribution in [0.15, 0.2) is 30.7 Å². The number of aromatic nitrogens is 2. The lowest BCUT2D eigenvalue weighted by Crippen LogP contribution is -2.04. The van der Waals surface area contributed by atoms with Crippen molar-refractivity contribution in [2.45, 2.75) is 6.18 Å². The lowest BCUT2D eigenvalue weighted by atomic mass is 10.2. The van der Waals surface area contributed by atoms with Gasteiger partial charge in [0.2, 0.25) is 0 Å². The zero-order valence-corrected chi connectivity index (χ0v) is 10.6. The minimum Gasteiger partial charge on any atom is -0.451 e. The first kappa shape index (κ1) is 13.9. The SMILES string of the molecule is FC(F)(F)c1ccc(Oc2cncnc2Cl)c(Cl)c1. The number of rotatable bonds is 2. The molecule has 19 heavy (non-hydrogen) atoms. The second kappa shape index (κ2) is 5.22. The maximum atomic E-state index is 12.5. The molecule has 8 heteroatoms. The minimum atomic E-state index is -4.46. The van der Waals surface area contributed by atoms with Crippen LogP contribution < -0.4 is 4.74 Å². The second-order valence-corrected chi connectivity index (χ2v) is 4.19. The Morgan fingerprint density at radius 1 is 1.11 bits per heavy atom. The third-order valence-corrected chi connectivity index (χ3v) is 2.69. The standard InChI is InChI=1S/C11H5Cl2F3N2O/c12-7-3-6(11(14,15)16)1-2-8(7)19-9-4-17-5-18-10(9)13/h1-5H. The van der Waals surface area contributed by atoms with Gasteiger partial charge in [0.25, 0.3) is 0 Å². The molecule has 0 saturated carbocycles. The fourth-order valence-electron chi connectivity index (χ4n) is 1.25. The third kappa shape index (κ3) is 3.27. The van der Waals surface area contributed by atoms with Crippen LogP contribution in [-0.4, -0.2) is 9.97 Å². The van der Waals surface area contributed by atoms with Crippen molar-refractivity contribution in [3.8, 4) is 11.5 Å². The molecule has 0 bridgehead atoms. The first-order valence-electron chi connectivity index (χ1n) is 4.88. The molecule has 0 aliphatic carbocycles. The molecule has 100 valence electrons. The van der Waals surface area contributed by atoms with Gasteiger partial charge in [-0.2, -0.15) is 13.2 Å². The maximum absolute atomic E-state index is 12.5. The van der Waals surface area contributed by atoms with Gasteiger partial charge >= 0.3 is 6.18 Å². The summed E-state index contributed by atoms with van der Waals surface area (Å²) < 4.78 is 42.6. The third-order valence-electron chi connectivity index (χ3n) is 2.11. The van der Waals surface area contributed by atoms with Crippen LogP contribution >= 0.6 is 23.2 Å². The topological polar surface area (TPSA) is 35.0 Å². The van der Waals surface area contributed by atoms with Crippen molar-refractivity contribution in [3.05, 3.63) is 46.5 Å². The van der Waals surface area contributed by atoms with Crippen molar-refractivity contribution in [1.29, 1.82) is 0 Å². The van der Waals surface area contributed by atoms with Crippen LogP contribution in [0, 0.1) is 0 Å². The Morgan fingerprint density at radius 2 is 1.84 bits per heavy atom. The molecule has 3 nitrogen and oxygen atoms in total. The predicted molar refractivity (Wildman–Crippen MR) is 63.6 cm³/mol. The Hall–Kier alpha value is -1.53. The highest BCUT2D eigenvalue weighted by molar-refractivity contribution is 6.32. The smallest absolute Gasteiger partial charge is 0.416 e. The van der Waals surface area contributed by atoms with Gasteiger partial charge in [0.15, 0.2) is 10.9 Å². The fraction of sp³-hybridized carbons (Fsp3) is 0.0909. The van der Waals surface area contributed by atoms with Crippen LogP contribution in [0.1, 0.15) is 5.56 Å². The number of alkyl halides is 3. The number of halogens is 5. The van der Waals surface area contributed by atoms with Crippen molar-refractivity contribution in [1.82, 2.24) is 9.97 Å². The zero-order chi connectivity index (χ0) is 14.0. The summed E-state index contributed by atoms with van der Waals surface area (Å²) in [5.41, 5.74) is -0.861. The summed E-state index contributed by atoms with van der Waals surface area (Å²) in [6, 6.07) is 2.74. The largest absolute Gasteiger partial charge is 0.451 e. The van der Waals surface area contributed by atoms with Gasteiger partial charge in [0.05, 0.1) is 16.8 Å². The highest BCUT2D eigenvalue weighted by atomic mass is 35.5. The lowest BCUT2D eigenvalue weighted by molar-refractivity contribution is -0.137. The molecular weight excluding hydrogens is 304 g/mol. The fourth-order valence-corrected chi connectivity index (χ4v) is 1.60. The summed E-state index contributed by atoms with van der Waals surface area (Å²) >= 11 is 11.5. The number of hydrogen-bond donors (Lipinski definition) is 0. The molecule has 1 heterocycles. The van der Waals surface area contributed by atoms with Crippen LogP contribution in [0.2, 0.25) is 10.2 Å². The molecule has 1 aromatic carbocycles. The molecule has 0 fully saturated rings. The van der Waals surface area contributed by atoms with Crippen LogP contribution in [0.5, 0.6) is 11.5 Å². The quantitative estimate of drug-likeness (QED) is 0.761. The van der Waals surface area contributed by atoms with Gasteiger partial charge in [-0.05, 0) is 18.2 Å². The molecule has 0 atom stereocenters. The van der Waals surface area contributed by atoms with E-state index in [4.69, 9.17) is 27.9 Å². The average Bonchev–Trinajstić information content (AvgIpc) is 2.33. The van der Waals surface area contributed by atoms with Gasteiger partial charge in [-0.1, -0.05) is 23.2 Å².